The monoisotopic (exact) mass is 362 g/mol. The predicted octanol–water partition coefficient (Wildman–Crippen LogP) is -2.51. The van der Waals surface area contributed by atoms with E-state index in [1.807, 2.05) is 0 Å². The van der Waals surface area contributed by atoms with Crippen LogP contribution in [0, 0.1) is 0 Å². The third-order valence-electron chi connectivity index (χ3n) is 3.66. The zero-order valence-corrected chi connectivity index (χ0v) is 15.1. The van der Waals surface area contributed by atoms with Crippen molar-refractivity contribution in [3.8, 4) is 0 Å². The molecule has 0 aromatic rings. The molecule has 3 amide bonds. The maximum Gasteiger partial charge on any atom is 0.325 e. The van der Waals surface area contributed by atoms with E-state index in [1.54, 1.807) is 31.0 Å². The highest BCUT2D eigenvalue weighted by Crippen LogP contribution is 2.01. The van der Waals surface area contributed by atoms with Crippen LogP contribution in [0.4, 0.5) is 4.79 Å². The molecular formula is C14H30N6O5. The van der Waals surface area contributed by atoms with E-state index >= 15 is 0 Å². The van der Waals surface area contributed by atoms with Gasteiger partial charge >= 0.3 is 12.0 Å². The number of urea groups is 1. The second kappa shape index (κ2) is 10.8. The van der Waals surface area contributed by atoms with Crippen LogP contribution >= 0.6 is 0 Å². The Kier molecular flexibility index (Phi) is 9.98. The summed E-state index contributed by atoms with van der Waals surface area (Å²) in [5.41, 5.74) is 11.0. The number of carbonyl (C=O) groups excluding carboxylic acids is 2. The first-order valence-electron chi connectivity index (χ1n) is 7.88. The fraction of sp³-hybridized carbons (Fsp3) is 0.786. The third kappa shape index (κ3) is 9.82. The Morgan fingerprint density at radius 1 is 1.08 bits per heavy atom. The van der Waals surface area contributed by atoms with Crippen LogP contribution in [0.3, 0.4) is 0 Å². The van der Waals surface area contributed by atoms with E-state index in [-0.39, 0.29) is 13.0 Å². The van der Waals surface area contributed by atoms with Crippen molar-refractivity contribution in [3.63, 3.8) is 0 Å². The Morgan fingerprint density at radius 2 is 1.60 bits per heavy atom. The molecule has 0 spiro atoms. The summed E-state index contributed by atoms with van der Waals surface area (Å²) in [5.74, 6) is -1.78. The molecule has 0 aliphatic carbocycles. The number of hydrazine groups is 1. The summed E-state index contributed by atoms with van der Waals surface area (Å²) in [7, 11) is 3.47. The summed E-state index contributed by atoms with van der Waals surface area (Å²) in [6.07, 6.45) is -0.797. The van der Waals surface area contributed by atoms with Gasteiger partial charge in [0.15, 0.2) is 0 Å². The molecule has 0 aromatic heterocycles. The molecule has 0 fully saturated rings. The van der Waals surface area contributed by atoms with Crippen LogP contribution in [-0.2, 0) is 9.59 Å². The maximum absolute atomic E-state index is 11.8. The smallest absolute Gasteiger partial charge is 0.325 e. The Morgan fingerprint density at radius 3 is 2.04 bits per heavy atom. The molecule has 8 N–H and O–H groups in total. The van der Waals surface area contributed by atoms with Crippen molar-refractivity contribution in [3.05, 3.63) is 0 Å². The van der Waals surface area contributed by atoms with Gasteiger partial charge in [-0.2, -0.15) is 0 Å². The molecule has 0 saturated heterocycles. The van der Waals surface area contributed by atoms with Crippen molar-refractivity contribution in [2.45, 2.75) is 44.5 Å². The Labute approximate surface area is 147 Å². The Hall–Kier alpha value is -1.95. The largest absolute Gasteiger partial charge is 0.480 e. The average Bonchev–Trinajstić information content (AvgIpc) is 2.45. The average molecular weight is 362 g/mol. The van der Waals surface area contributed by atoms with Crippen molar-refractivity contribution in [1.82, 2.24) is 20.7 Å². The lowest BCUT2D eigenvalue weighted by atomic mass is 10.2. The van der Waals surface area contributed by atoms with E-state index in [9.17, 15) is 19.5 Å². The highest BCUT2D eigenvalue weighted by atomic mass is 16.4. The van der Waals surface area contributed by atoms with Gasteiger partial charge in [-0.3, -0.25) is 9.59 Å². The lowest BCUT2D eigenvalue weighted by Gasteiger charge is -2.33. The van der Waals surface area contributed by atoms with E-state index < -0.39 is 42.1 Å². The molecule has 0 saturated carbocycles. The molecule has 4 atom stereocenters. The summed E-state index contributed by atoms with van der Waals surface area (Å²) >= 11 is 0. The van der Waals surface area contributed by atoms with Crippen LogP contribution in [0.2, 0.25) is 0 Å². The summed E-state index contributed by atoms with van der Waals surface area (Å²) in [4.78, 5) is 33.8. The molecule has 146 valence electrons. The van der Waals surface area contributed by atoms with Crippen LogP contribution in [0.25, 0.3) is 0 Å². The number of rotatable bonds is 11. The van der Waals surface area contributed by atoms with Crippen LogP contribution in [0.5, 0.6) is 0 Å². The summed E-state index contributed by atoms with van der Waals surface area (Å²) in [6.45, 7) is 3.51. The minimum atomic E-state index is -1.18. The van der Waals surface area contributed by atoms with Gasteiger partial charge in [0.1, 0.15) is 6.04 Å². The van der Waals surface area contributed by atoms with Crippen molar-refractivity contribution in [2.24, 2.45) is 11.5 Å². The molecule has 0 aliphatic heterocycles. The third-order valence-corrected chi connectivity index (χ3v) is 3.66. The number of aliphatic carboxylic acids is 1. The number of aliphatic hydroxyl groups excluding tert-OH is 1. The maximum atomic E-state index is 11.8. The van der Waals surface area contributed by atoms with E-state index in [4.69, 9.17) is 16.6 Å². The molecule has 11 heteroatoms. The van der Waals surface area contributed by atoms with E-state index in [0.29, 0.717) is 6.54 Å². The highest BCUT2D eigenvalue weighted by Gasteiger charge is 2.22. The van der Waals surface area contributed by atoms with Crippen LogP contribution < -0.4 is 22.1 Å². The standard InChI is InChI=1S/C14H30N6O5/c1-8(13(23)24)17-14(25)18-10(5-12(16)22)6-19(3)20(4)7-11(15)9(2)21/h8-11,21H,5-7,15H2,1-4H3,(H2,16,22)(H,23,24)(H2,17,18,25)/t8-,9?,10-,11+/m0/s1. The minimum absolute atomic E-state index is 0.116. The number of likely N-dealkylation sites (N-methyl/N-ethyl adjacent to an activating group) is 2. The molecule has 0 radical (unpaired) electrons. The van der Waals surface area contributed by atoms with Crippen LogP contribution in [0.1, 0.15) is 20.3 Å². The van der Waals surface area contributed by atoms with Crippen molar-refractivity contribution < 1.29 is 24.6 Å². The number of aliphatic hydroxyl groups is 1. The van der Waals surface area contributed by atoms with Gasteiger partial charge in [0, 0.05) is 39.6 Å². The molecule has 11 nitrogen and oxygen atoms in total. The minimum Gasteiger partial charge on any atom is -0.480 e. The van der Waals surface area contributed by atoms with Crippen molar-refractivity contribution >= 4 is 17.9 Å². The number of carboxylic acids is 1. The fourth-order valence-electron chi connectivity index (χ4n) is 1.94. The van der Waals surface area contributed by atoms with Gasteiger partial charge in [0.25, 0.3) is 0 Å². The molecular weight excluding hydrogens is 332 g/mol. The number of nitrogens with two attached hydrogens (primary N) is 2. The van der Waals surface area contributed by atoms with E-state index in [0.717, 1.165) is 0 Å². The predicted molar refractivity (Wildman–Crippen MR) is 91.3 cm³/mol. The van der Waals surface area contributed by atoms with E-state index in [1.165, 1.54) is 6.92 Å². The lowest BCUT2D eigenvalue weighted by molar-refractivity contribution is -0.138. The van der Waals surface area contributed by atoms with Crippen molar-refractivity contribution in [1.29, 1.82) is 0 Å². The molecule has 0 rings (SSSR count). The quantitative estimate of drug-likeness (QED) is 0.218. The van der Waals surface area contributed by atoms with Gasteiger partial charge in [-0.1, -0.05) is 0 Å². The summed E-state index contributed by atoms with van der Waals surface area (Å²) in [5, 5.41) is 26.5. The SMILES string of the molecule is CC(O)[C@H](N)CN(C)N(C)C[C@H](CC(N)=O)NC(=O)N[C@@H](C)C(=O)O. The number of nitrogens with zero attached hydrogens (tertiary/aromatic N) is 2. The first kappa shape index (κ1) is 23.1. The fourth-order valence-corrected chi connectivity index (χ4v) is 1.94. The summed E-state index contributed by atoms with van der Waals surface area (Å²) in [6, 6.07) is -2.88. The molecule has 0 heterocycles. The number of nitrogens with one attached hydrogen (secondary N) is 2. The number of amides is 3. The van der Waals surface area contributed by atoms with Crippen LogP contribution in [0.15, 0.2) is 0 Å². The van der Waals surface area contributed by atoms with Gasteiger partial charge < -0.3 is 32.3 Å². The first-order chi connectivity index (χ1) is 11.4. The topological polar surface area (TPSA) is 174 Å². The van der Waals surface area contributed by atoms with Gasteiger partial charge in [-0.15, -0.1) is 0 Å². The summed E-state index contributed by atoms with van der Waals surface area (Å²) < 4.78 is 0. The van der Waals surface area contributed by atoms with Gasteiger partial charge in [-0.05, 0) is 13.8 Å². The second-order valence-corrected chi connectivity index (χ2v) is 6.13. The molecule has 25 heavy (non-hydrogen) atoms. The lowest BCUT2D eigenvalue weighted by Crippen LogP contribution is -2.55. The second-order valence-electron chi connectivity index (χ2n) is 6.13. The zero-order valence-electron chi connectivity index (χ0n) is 15.1. The van der Waals surface area contributed by atoms with Crippen LogP contribution in [-0.4, -0.2) is 89.6 Å². The zero-order chi connectivity index (χ0) is 19.7. The van der Waals surface area contributed by atoms with E-state index in [2.05, 4.69) is 10.6 Å². The Bertz CT molecular complexity index is 461. The number of hydrogen-bond acceptors (Lipinski definition) is 7. The molecule has 0 aromatic carbocycles. The highest BCUT2D eigenvalue weighted by molar-refractivity contribution is 5.83. The van der Waals surface area contributed by atoms with Crippen molar-refractivity contribution in [2.75, 3.05) is 27.2 Å². The molecule has 0 aliphatic rings. The number of primary amides is 1. The Balaban J connectivity index is 4.73. The van der Waals surface area contributed by atoms with Gasteiger partial charge in [-0.25, -0.2) is 14.8 Å². The molecule has 1 unspecified atom stereocenters. The normalized spacial score (nSPS) is 16.2. The number of carboxylic acid groups (broad SMARTS) is 1. The molecule has 0 bridgehead atoms. The van der Waals surface area contributed by atoms with Gasteiger partial charge in [0.2, 0.25) is 5.91 Å². The number of hydrogen-bond donors (Lipinski definition) is 6. The van der Waals surface area contributed by atoms with Gasteiger partial charge in [0.05, 0.1) is 12.1 Å². The number of carbonyl (C=O) groups is 3. The first-order valence-corrected chi connectivity index (χ1v) is 7.88.